The first-order valence-corrected chi connectivity index (χ1v) is 16.8. The number of oxime groups is 1. The second-order valence-corrected chi connectivity index (χ2v) is 16.6. The zero-order chi connectivity index (χ0) is 27.9. The topological polar surface area (TPSA) is 97.9 Å². The molecule has 1 saturated heterocycles. The highest BCUT2D eigenvalue weighted by molar-refractivity contribution is 6.74. The number of pyridine rings is 1. The number of morpholine rings is 1. The van der Waals surface area contributed by atoms with E-state index in [0.29, 0.717) is 30.4 Å². The number of hydrogen-bond donors (Lipinski definition) is 1. The van der Waals surface area contributed by atoms with E-state index >= 15 is 0 Å². The van der Waals surface area contributed by atoms with E-state index in [1.807, 2.05) is 12.1 Å². The quantitative estimate of drug-likeness (QED) is 0.211. The van der Waals surface area contributed by atoms with E-state index in [2.05, 4.69) is 77.4 Å². The first-order chi connectivity index (χ1) is 19.2. The number of nitrogens with one attached hydrogen (secondary N) is 1. The second-order valence-electron chi connectivity index (χ2n) is 11.9. The molecule has 6 rings (SSSR count). The van der Waals surface area contributed by atoms with Gasteiger partial charge in [-0.05, 0) is 60.8 Å². The number of aromatic nitrogens is 3. The van der Waals surface area contributed by atoms with Gasteiger partial charge >= 0.3 is 0 Å². The number of rotatable bonds is 6. The lowest BCUT2D eigenvalue weighted by atomic mass is 10.1. The van der Waals surface area contributed by atoms with E-state index < -0.39 is 8.32 Å². The Morgan fingerprint density at radius 3 is 2.67 bits per heavy atom. The lowest BCUT2D eigenvalue weighted by Gasteiger charge is -2.33. The summed E-state index contributed by atoms with van der Waals surface area (Å²) >= 11 is 0. The molecule has 4 aromatic rings. The van der Waals surface area contributed by atoms with Gasteiger partial charge in [-0.3, -0.25) is 4.98 Å². The molecule has 10 heteroatoms. The number of hydrogen-bond acceptors (Lipinski definition) is 9. The normalized spacial score (nSPS) is 16.9. The van der Waals surface area contributed by atoms with Crippen LogP contribution in [0.3, 0.4) is 0 Å². The molecule has 1 aliphatic carbocycles. The van der Waals surface area contributed by atoms with E-state index in [1.54, 1.807) is 18.6 Å². The summed E-state index contributed by atoms with van der Waals surface area (Å²) in [6, 6.07) is 10.3. The maximum atomic E-state index is 6.28. The van der Waals surface area contributed by atoms with Crippen molar-refractivity contribution in [2.75, 3.05) is 36.5 Å². The number of anilines is 3. The molecule has 1 aromatic carbocycles. The van der Waals surface area contributed by atoms with E-state index in [0.717, 1.165) is 59.8 Å². The molecular weight excluding hydrogens is 520 g/mol. The number of nitrogens with zero attached hydrogens (tertiary/aromatic N) is 5. The summed E-state index contributed by atoms with van der Waals surface area (Å²) in [5.74, 6) is 1.98. The van der Waals surface area contributed by atoms with Crippen LogP contribution in [0, 0.1) is 0 Å². The van der Waals surface area contributed by atoms with Crippen LogP contribution in [-0.4, -0.2) is 55.3 Å². The molecule has 0 radical (unpaired) electrons. The Bertz CT molecular complexity index is 1570. The van der Waals surface area contributed by atoms with Crippen molar-refractivity contribution in [3.8, 4) is 11.6 Å². The van der Waals surface area contributed by atoms with Crippen LogP contribution in [0.1, 0.15) is 38.3 Å². The summed E-state index contributed by atoms with van der Waals surface area (Å²) < 4.78 is 18.0. The minimum absolute atomic E-state index is 0.109. The molecule has 9 nitrogen and oxygen atoms in total. The predicted molar refractivity (Wildman–Crippen MR) is 161 cm³/mol. The van der Waals surface area contributed by atoms with E-state index in [-0.39, 0.29) is 5.04 Å². The SMILES string of the molecule is CC(C)(C)[Si](C)(C)O/N=C1/CCc2cc(Nc3c(-c4nccc(N5CCOCC5)n4)oc4cnccc34)ccc21. The summed E-state index contributed by atoms with van der Waals surface area (Å²) in [4.78, 5) is 15.9. The first-order valence-electron chi connectivity index (χ1n) is 13.9. The van der Waals surface area contributed by atoms with Gasteiger partial charge in [-0.1, -0.05) is 26.8 Å². The zero-order valence-electron chi connectivity index (χ0n) is 23.8. The third-order valence-electron chi connectivity index (χ3n) is 8.18. The number of furan rings is 1. The van der Waals surface area contributed by atoms with E-state index in [1.165, 1.54) is 5.56 Å². The Hall–Kier alpha value is -3.76. The molecule has 0 amide bonds. The van der Waals surface area contributed by atoms with Crippen LogP contribution in [0.2, 0.25) is 18.1 Å². The van der Waals surface area contributed by atoms with Crippen molar-refractivity contribution < 1.29 is 13.7 Å². The Morgan fingerprint density at radius 1 is 1.05 bits per heavy atom. The Labute approximate surface area is 235 Å². The van der Waals surface area contributed by atoms with Gasteiger partial charge in [-0.15, -0.1) is 5.16 Å². The van der Waals surface area contributed by atoms with Crippen molar-refractivity contribution in [1.82, 2.24) is 15.0 Å². The smallest absolute Gasteiger partial charge is 0.286 e. The highest BCUT2D eigenvalue weighted by Crippen LogP contribution is 2.40. The Morgan fingerprint density at radius 2 is 1.88 bits per heavy atom. The summed E-state index contributed by atoms with van der Waals surface area (Å²) in [6.07, 6.45) is 7.08. The van der Waals surface area contributed by atoms with Crippen molar-refractivity contribution in [3.63, 3.8) is 0 Å². The van der Waals surface area contributed by atoms with Crippen LogP contribution in [0.5, 0.6) is 0 Å². The number of benzene rings is 1. The molecule has 0 atom stereocenters. The number of fused-ring (bicyclic) bond motifs is 2. The highest BCUT2D eigenvalue weighted by atomic mass is 28.4. The van der Waals surface area contributed by atoms with Crippen molar-refractivity contribution in [2.45, 2.75) is 51.7 Å². The van der Waals surface area contributed by atoms with Crippen LogP contribution < -0.4 is 10.2 Å². The Balaban J connectivity index is 1.31. The molecule has 3 aromatic heterocycles. The van der Waals surface area contributed by atoms with Gasteiger partial charge < -0.3 is 23.9 Å². The van der Waals surface area contributed by atoms with Crippen LogP contribution in [-0.2, 0) is 15.7 Å². The van der Waals surface area contributed by atoms with Crippen molar-refractivity contribution in [3.05, 3.63) is 60.0 Å². The standard InChI is InChI=1S/C30H36N6O3Si/c1-30(2,3)40(4,5)39-35-24-9-6-20-18-21(7-8-22(20)24)33-27-23-10-12-31-19-25(23)38-28(27)29-32-13-11-26(34-29)36-14-16-37-17-15-36/h7-8,10-13,18-19,33H,6,9,14-17H2,1-5H3/b35-24-. The highest BCUT2D eigenvalue weighted by Gasteiger charge is 2.40. The molecule has 1 N–H and O–H groups in total. The van der Waals surface area contributed by atoms with Gasteiger partial charge in [0.2, 0.25) is 0 Å². The molecule has 4 heterocycles. The lowest BCUT2D eigenvalue weighted by Crippen LogP contribution is -2.39. The van der Waals surface area contributed by atoms with Gasteiger partial charge in [0.05, 0.1) is 30.8 Å². The molecule has 0 spiro atoms. The second kappa shape index (κ2) is 10.3. The summed E-state index contributed by atoms with van der Waals surface area (Å²) in [7, 11) is -1.96. The maximum Gasteiger partial charge on any atom is 0.286 e. The van der Waals surface area contributed by atoms with Crippen molar-refractivity contribution in [1.29, 1.82) is 0 Å². The molecule has 0 unspecified atom stereocenters. The molecule has 208 valence electrons. The fourth-order valence-electron chi connectivity index (χ4n) is 4.75. The van der Waals surface area contributed by atoms with Crippen molar-refractivity contribution >= 4 is 42.2 Å². The molecular formula is C30H36N6O3Si. The fourth-order valence-corrected chi connectivity index (χ4v) is 5.36. The van der Waals surface area contributed by atoms with Gasteiger partial charge in [-0.25, -0.2) is 9.97 Å². The van der Waals surface area contributed by atoms with Gasteiger partial charge in [-0.2, -0.15) is 0 Å². The van der Waals surface area contributed by atoms with Gasteiger partial charge in [0.1, 0.15) is 5.82 Å². The summed E-state index contributed by atoms with van der Waals surface area (Å²) in [6.45, 7) is 14.1. The average molecular weight is 557 g/mol. The zero-order valence-corrected chi connectivity index (χ0v) is 24.8. The number of aryl methyl sites for hydroxylation is 1. The van der Waals surface area contributed by atoms with Crippen LogP contribution in [0.15, 0.2) is 58.5 Å². The van der Waals surface area contributed by atoms with Crippen LogP contribution >= 0.6 is 0 Å². The van der Waals surface area contributed by atoms with E-state index in [4.69, 9.17) is 18.7 Å². The minimum Gasteiger partial charge on any atom is -0.455 e. The van der Waals surface area contributed by atoms with Gasteiger partial charge in [0.25, 0.3) is 8.32 Å². The van der Waals surface area contributed by atoms with Gasteiger partial charge in [0, 0.05) is 42.1 Å². The van der Waals surface area contributed by atoms with Gasteiger partial charge in [0.15, 0.2) is 17.2 Å². The molecule has 40 heavy (non-hydrogen) atoms. The fraction of sp³-hybridized carbons (Fsp3) is 0.400. The molecule has 2 aliphatic rings. The largest absolute Gasteiger partial charge is 0.455 e. The average Bonchev–Trinajstić information content (AvgIpc) is 3.53. The predicted octanol–water partition coefficient (Wildman–Crippen LogP) is 6.54. The third kappa shape index (κ3) is 5.09. The van der Waals surface area contributed by atoms with Crippen LogP contribution in [0.25, 0.3) is 22.6 Å². The number of ether oxygens (including phenoxy) is 1. The summed E-state index contributed by atoms with van der Waals surface area (Å²) in [5.41, 5.74) is 5.91. The summed E-state index contributed by atoms with van der Waals surface area (Å²) in [5, 5.41) is 9.31. The monoisotopic (exact) mass is 556 g/mol. The van der Waals surface area contributed by atoms with E-state index in [9.17, 15) is 0 Å². The maximum absolute atomic E-state index is 6.28. The molecule has 0 saturated carbocycles. The Kier molecular flexibility index (Phi) is 6.83. The molecule has 1 aliphatic heterocycles. The molecule has 1 fully saturated rings. The lowest BCUT2D eigenvalue weighted by molar-refractivity contribution is 0.122. The van der Waals surface area contributed by atoms with Crippen molar-refractivity contribution in [2.24, 2.45) is 5.16 Å². The molecule has 0 bridgehead atoms. The first kappa shape index (κ1) is 26.5. The third-order valence-corrected chi connectivity index (χ3v) is 12.3. The van der Waals surface area contributed by atoms with Crippen LogP contribution in [0.4, 0.5) is 17.2 Å². The minimum atomic E-state index is -1.96.